The zero-order valence-corrected chi connectivity index (χ0v) is 17.9. The third kappa shape index (κ3) is 8.27. The number of halogens is 1. The van der Waals surface area contributed by atoms with Gasteiger partial charge in [0.15, 0.2) is 5.96 Å². The molecule has 0 unspecified atom stereocenters. The summed E-state index contributed by atoms with van der Waals surface area (Å²) in [6.07, 6.45) is 6.66. The molecule has 1 fully saturated rings. The standard InChI is InChI=1S/C19H32N4O.HI/c1-20-19(22-16-17-10-5-6-11-18(17)24-2)21-12-9-15-23-13-7-3-4-8-14-23;/h5-6,10-11H,3-4,7-9,12-16H2,1-2H3,(H2,20,21,22);1H. The van der Waals surface area contributed by atoms with Crippen molar-refractivity contribution in [1.29, 1.82) is 0 Å². The number of likely N-dealkylation sites (tertiary alicyclic amines) is 1. The van der Waals surface area contributed by atoms with Crippen molar-refractivity contribution in [2.45, 2.75) is 38.6 Å². The van der Waals surface area contributed by atoms with Gasteiger partial charge >= 0.3 is 0 Å². The maximum Gasteiger partial charge on any atom is 0.191 e. The first-order valence-electron chi connectivity index (χ1n) is 9.12. The quantitative estimate of drug-likeness (QED) is 0.284. The number of nitrogens with one attached hydrogen (secondary N) is 2. The minimum atomic E-state index is 0. The molecule has 5 nitrogen and oxygen atoms in total. The fourth-order valence-electron chi connectivity index (χ4n) is 3.12. The molecule has 25 heavy (non-hydrogen) atoms. The average Bonchev–Trinajstić information content (AvgIpc) is 2.90. The lowest BCUT2D eigenvalue weighted by Crippen LogP contribution is -2.38. The molecule has 0 atom stereocenters. The molecule has 0 bridgehead atoms. The minimum absolute atomic E-state index is 0. The minimum Gasteiger partial charge on any atom is -0.496 e. The first-order chi connectivity index (χ1) is 11.8. The van der Waals surface area contributed by atoms with E-state index in [1.165, 1.54) is 45.3 Å². The van der Waals surface area contributed by atoms with Crippen LogP contribution in [0, 0.1) is 0 Å². The van der Waals surface area contributed by atoms with Crippen molar-refractivity contribution in [1.82, 2.24) is 15.5 Å². The van der Waals surface area contributed by atoms with Crippen LogP contribution in [-0.4, -0.2) is 51.2 Å². The Hall–Kier alpha value is -1.02. The molecule has 142 valence electrons. The number of methoxy groups -OCH3 is 1. The molecule has 0 spiro atoms. The van der Waals surface area contributed by atoms with Gasteiger partial charge in [0.25, 0.3) is 0 Å². The van der Waals surface area contributed by atoms with E-state index in [0.717, 1.165) is 30.2 Å². The molecular weight excluding hydrogens is 427 g/mol. The predicted molar refractivity (Wildman–Crippen MR) is 116 cm³/mol. The third-order valence-electron chi connectivity index (χ3n) is 4.50. The number of guanidine groups is 1. The van der Waals surface area contributed by atoms with Gasteiger partial charge in [-0.15, -0.1) is 24.0 Å². The second-order valence-corrected chi connectivity index (χ2v) is 6.27. The number of rotatable bonds is 7. The molecule has 1 aromatic carbocycles. The molecule has 0 amide bonds. The van der Waals surface area contributed by atoms with Gasteiger partial charge in [-0.1, -0.05) is 31.0 Å². The Morgan fingerprint density at radius 3 is 2.52 bits per heavy atom. The maximum atomic E-state index is 5.38. The van der Waals surface area contributed by atoms with Crippen LogP contribution in [0.15, 0.2) is 29.3 Å². The molecule has 1 aliphatic heterocycles. The predicted octanol–water partition coefficient (Wildman–Crippen LogP) is 3.24. The summed E-state index contributed by atoms with van der Waals surface area (Å²) in [6, 6.07) is 8.06. The molecule has 1 aliphatic rings. The molecule has 0 aliphatic carbocycles. The van der Waals surface area contributed by atoms with Gasteiger partial charge < -0.3 is 20.3 Å². The van der Waals surface area contributed by atoms with E-state index in [1.54, 1.807) is 7.11 Å². The van der Waals surface area contributed by atoms with Gasteiger partial charge in [0.2, 0.25) is 0 Å². The van der Waals surface area contributed by atoms with Crippen LogP contribution < -0.4 is 15.4 Å². The van der Waals surface area contributed by atoms with Gasteiger partial charge in [0, 0.05) is 25.7 Å². The molecule has 1 aromatic rings. The third-order valence-corrected chi connectivity index (χ3v) is 4.50. The van der Waals surface area contributed by atoms with Crippen molar-refractivity contribution in [2.24, 2.45) is 4.99 Å². The Labute approximate surface area is 169 Å². The lowest BCUT2D eigenvalue weighted by Gasteiger charge is -2.20. The van der Waals surface area contributed by atoms with E-state index in [4.69, 9.17) is 4.74 Å². The van der Waals surface area contributed by atoms with Crippen molar-refractivity contribution >= 4 is 29.9 Å². The highest BCUT2D eigenvalue weighted by molar-refractivity contribution is 14.0. The summed E-state index contributed by atoms with van der Waals surface area (Å²) in [7, 11) is 3.51. The highest BCUT2D eigenvalue weighted by Crippen LogP contribution is 2.16. The van der Waals surface area contributed by atoms with Crippen LogP contribution in [0.25, 0.3) is 0 Å². The van der Waals surface area contributed by atoms with E-state index in [9.17, 15) is 0 Å². The van der Waals surface area contributed by atoms with Crippen molar-refractivity contribution in [3.8, 4) is 5.75 Å². The van der Waals surface area contributed by atoms with Crippen LogP contribution in [0.2, 0.25) is 0 Å². The van der Waals surface area contributed by atoms with Crippen LogP contribution >= 0.6 is 24.0 Å². The average molecular weight is 460 g/mol. The first-order valence-corrected chi connectivity index (χ1v) is 9.12. The number of hydrogen-bond donors (Lipinski definition) is 2. The maximum absolute atomic E-state index is 5.38. The highest BCUT2D eigenvalue weighted by atomic mass is 127. The molecule has 2 rings (SSSR count). The van der Waals surface area contributed by atoms with E-state index in [0.29, 0.717) is 6.54 Å². The van der Waals surface area contributed by atoms with Crippen molar-refractivity contribution < 1.29 is 4.74 Å². The van der Waals surface area contributed by atoms with Gasteiger partial charge in [-0.3, -0.25) is 4.99 Å². The molecule has 0 saturated carbocycles. The SMILES string of the molecule is CN=C(NCCCN1CCCCCC1)NCc1ccccc1OC.I. The first kappa shape index (κ1) is 22.0. The Morgan fingerprint density at radius 2 is 1.84 bits per heavy atom. The molecule has 1 saturated heterocycles. The smallest absolute Gasteiger partial charge is 0.191 e. The summed E-state index contributed by atoms with van der Waals surface area (Å²) < 4.78 is 5.38. The molecule has 0 aromatic heterocycles. The Balaban J connectivity index is 0.00000312. The van der Waals surface area contributed by atoms with Crippen LogP contribution in [0.1, 0.15) is 37.7 Å². The summed E-state index contributed by atoms with van der Waals surface area (Å²) in [5.74, 6) is 1.75. The highest BCUT2D eigenvalue weighted by Gasteiger charge is 2.08. The van der Waals surface area contributed by atoms with E-state index in [-0.39, 0.29) is 24.0 Å². The van der Waals surface area contributed by atoms with Gasteiger partial charge in [-0.05, 0) is 45.0 Å². The Kier molecular flexibility index (Phi) is 11.6. The number of nitrogens with zero attached hydrogens (tertiary/aromatic N) is 2. The lowest BCUT2D eigenvalue weighted by atomic mass is 10.2. The van der Waals surface area contributed by atoms with Crippen LogP contribution in [-0.2, 0) is 6.54 Å². The summed E-state index contributed by atoms with van der Waals surface area (Å²) >= 11 is 0. The zero-order chi connectivity index (χ0) is 17.0. The van der Waals surface area contributed by atoms with Crippen molar-refractivity contribution in [2.75, 3.05) is 40.3 Å². The normalized spacial score (nSPS) is 15.8. The second kappa shape index (κ2) is 13.2. The molecule has 0 radical (unpaired) electrons. The molecule has 2 N–H and O–H groups in total. The zero-order valence-electron chi connectivity index (χ0n) is 15.6. The molecule has 6 heteroatoms. The van der Waals surface area contributed by atoms with E-state index < -0.39 is 0 Å². The molecular formula is C19H33IN4O. The Bertz CT molecular complexity index is 502. The summed E-state index contributed by atoms with van der Waals surface area (Å²) in [5.41, 5.74) is 1.13. The summed E-state index contributed by atoms with van der Waals surface area (Å²) in [5, 5.41) is 6.76. The van der Waals surface area contributed by atoms with Gasteiger partial charge in [0.05, 0.1) is 7.11 Å². The summed E-state index contributed by atoms with van der Waals surface area (Å²) in [4.78, 5) is 6.89. The van der Waals surface area contributed by atoms with E-state index in [2.05, 4.69) is 26.6 Å². The fourth-order valence-corrected chi connectivity index (χ4v) is 3.12. The van der Waals surface area contributed by atoms with Crippen molar-refractivity contribution in [3.05, 3.63) is 29.8 Å². The van der Waals surface area contributed by atoms with Crippen LogP contribution in [0.4, 0.5) is 0 Å². The number of hydrogen-bond acceptors (Lipinski definition) is 3. The van der Waals surface area contributed by atoms with Crippen molar-refractivity contribution in [3.63, 3.8) is 0 Å². The van der Waals surface area contributed by atoms with Crippen LogP contribution in [0.5, 0.6) is 5.75 Å². The Morgan fingerprint density at radius 1 is 1.12 bits per heavy atom. The largest absolute Gasteiger partial charge is 0.496 e. The number of para-hydroxylation sites is 1. The number of aliphatic imine (C=N–C) groups is 1. The second-order valence-electron chi connectivity index (χ2n) is 6.27. The van der Waals surface area contributed by atoms with Crippen LogP contribution in [0.3, 0.4) is 0 Å². The van der Waals surface area contributed by atoms with Gasteiger partial charge in [-0.2, -0.15) is 0 Å². The van der Waals surface area contributed by atoms with E-state index >= 15 is 0 Å². The fraction of sp³-hybridized carbons (Fsp3) is 0.632. The topological polar surface area (TPSA) is 48.9 Å². The number of ether oxygens (including phenoxy) is 1. The van der Waals surface area contributed by atoms with Gasteiger partial charge in [-0.25, -0.2) is 0 Å². The molecule has 1 heterocycles. The van der Waals surface area contributed by atoms with E-state index in [1.807, 2.05) is 25.2 Å². The summed E-state index contributed by atoms with van der Waals surface area (Å²) in [6.45, 7) is 5.36. The lowest BCUT2D eigenvalue weighted by molar-refractivity contribution is 0.282. The monoisotopic (exact) mass is 460 g/mol. The number of benzene rings is 1. The van der Waals surface area contributed by atoms with Gasteiger partial charge in [0.1, 0.15) is 5.75 Å².